The summed E-state index contributed by atoms with van der Waals surface area (Å²) in [6.07, 6.45) is 2.63. The third-order valence-electron chi connectivity index (χ3n) is 5.16. The largest absolute Gasteiger partial charge is 0.383 e. The molecule has 0 saturated carbocycles. The van der Waals surface area contributed by atoms with Gasteiger partial charge in [0.05, 0.1) is 12.7 Å². The highest BCUT2D eigenvalue weighted by Gasteiger charge is 2.27. The van der Waals surface area contributed by atoms with Gasteiger partial charge in [0.15, 0.2) is 0 Å². The number of hydrogen-bond donors (Lipinski definition) is 1. The van der Waals surface area contributed by atoms with Gasteiger partial charge >= 0.3 is 0 Å². The number of amides is 2. The molecule has 2 heterocycles. The van der Waals surface area contributed by atoms with Gasteiger partial charge in [0.1, 0.15) is 6.61 Å². The van der Waals surface area contributed by atoms with E-state index in [1.54, 1.807) is 12.0 Å². The van der Waals surface area contributed by atoms with Crippen LogP contribution in [0.25, 0.3) is 0 Å². The van der Waals surface area contributed by atoms with E-state index in [9.17, 15) is 9.59 Å². The molecule has 0 radical (unpaired) electrons. The summed E-state index contributed by atoms with van der Waals surface area (Å²) in [5.41, 5.74) is 0. The molecule has 0 spiro atoms. The van der Waals surface area contributed by atoms with E-state index in [0.29, 0.717) is 44.6 Å². The number of hydrogen-bond acceptors (Lipinski definition) is 5. The Bertz CT molecular complexity index is 436. The molecule has 1 unspecified atom stereocenters. The Labute approximate surface area is 151 Å². The molecule has 2 fully saturated rings. The van der Waals surface area contributed by atoms with Crippen LogP contribution in [0.4, 0.5) is 0 Å². The van der Waals surface area contributed by atoms with Crippen LogP contribution in [-0.2, 0) is 19.1 Å². The van der Waals surface area contributed by atoms with Crippen LogP contribution in [0.15, 0.2) is 0 Å². The highest BCUT2D eigenvalue weighted by atomic mass is 16.5. The van der Waals surface area contributed by atoms with Crippen molar-refractivity contribution in [3.63, 3.8) is 0 Å². The number of carbonyl (C=O) groups is 2. The van der Waals surface area contributed by atoms with Crippen LogP contribution >= 0.6 is 0 Å². The van der Waals surface area contributed by atoms with Crippen molar-refractivity contribution in [1.82, 2.24) is 15.1 Å². The summed E-state index contributed by atoms with van der Waals surface area (Å²) in [4.78, 5) is 28.2. The van der Waals surface area contributed by atoms with Crippen LogP contribution in [0.5, 0.6) is 0 Å². The summed E-state index contributed by atoms with van der Waals surface area (Å²) >= 11 is 0. The van der Waals surface area contributed by atoms with E-state index in [-0.39, 0.29) is 24.5 Å². The molecule has 144 valence electrons. The van der Waals surface area contributed by atoms with Gasteiger partial charge in [0.2, 0.25) is 11.8 Å². The summed E-state index contributed by atoms with van der Waals surface area (Å²) < 4.78 is 10.6. The average molecular weight is 355 g/mol. The Morgan fingerprint density at radius 1 is 1.36 bits per heavy atom. The molecule has 2 aliphatic heterocycles. The van der Waals surface area contributed by atoms with Crippen molar-refractivity contribution in [2.45, 2.75) is 45.3 Å². The van der Waals surface area contributed by atoms with Gasteiger partial charge in [-0.3, -0.25) is 9.59 Å². The van der Waals surface area contributed by atoms with Gasteiger partial charge in [0, 0.05) is 39.2 Å². The molecule has 2 rings (SSSR count). The van der Waals surface area contributed by atoms with E-state index in [1.807, 2.05) is 0 Å². The number of carbonyl (C=O) groups excluding carboxylic acids is 2. The highest BCUT2D eigenvalue weighted by molar-refractivity contribution is 5.78. The van der Waals surface area contributed by atoms with Gasteiger partial charge in [0.25, 0.3) is 0 Å². The lowest BCUT2D eigenvalue weighted by molar-refractivity contribution is -0.149. The first-order valence-corrected chi connectivity index (χ1v) is 9.38. The Hall–Kier alpha value is -1.18. The zero-order chi connectivity index (χ0) is 18.2. The zero-order valence-corrected chi connectivity index (χ0v) is 15.8. The molecule has 0 aliphatic carbocycles. The molecule has 0 aromatic rings. The third-order valence-corrected chi connectivity index (χ3v) is 5.16. The minimum Gasteiger partial charge on any atom is -0.383 e. The van der Waals surface area contributed by atoms with E-state index >= 15 is 0 Å². The fourth-order valence-corrected chi connectivity index (χ4v) is 3.46. The second-order valence-corrected chi connectivity index (χ2v) is 7.35. The predicted molar refractivity (Wildman–Crippen MR) is 95.3 cm³/mol. The third kappa shape index (κ3) is 6.56. The number of ether oxygens (including phenoxy) is 2. The van der Waals surface area contributed by atoms with Crippen molar-refractivity contribution in [3.05, 3.63) is 0 Å². The van der Waals surface area contributed by atoms with Gasteiger partial charge < -0.3 is 24.6 Å². The van der Waals surface area contributed by atoms with Crippen LogP contribution in [0.2, 0.25) is 0 Å². The lowest BCUT2D eigenvalue weighted by Crippen LogP contribution is -2.51. The van der Waals surface area contributed by atoms with Crippen molar-refractivity contribution in [2.75, 3.05) is 53.0 Å². The number of likely N-dealkylation sites (tertiary alicyclic amines) is 1. The number of nitrogens with one attached hydrogen (secondary N) is 1. The summed E-state index contributed by atoms with van der Waals surface area (Å²) in [5, 5.41) is 2.98. The van der Waals surface area contributed by atoms with Gasteiger partial charge in [-0.1, -0.05) is 0 Å². The Morgan fingerprint density at radius 2 is 2.08 bits per heavy atom. The van der Waals surface area contributed by atoms with Gasteiger partial charge in [-0.25, -0.2) is 0 Å². The minimum atomic E-state index is -0.138. The Balaban J connectivity index is 1.65. The van der Waals surface area contributed by atoms with Crippen molar-refractivity contribution in [2.24, 2.45) is 5.92 Å². The maximum Gasteiger partial charge on any atom is 0.248 e. The van der Waals surface area contributed by atoms with E-state index < -0.39 is 0 Å². The molecular formula is C18H33N3O4. The van der Waals surface area contributed by atoms with Crippen LogP contribution in [0.3, 0.4) is 0 Å². The maximum absolute atomic E-state index is 12.2. The normalized spacial score (nSPS) is 23.3. The van der Waals surface area contributed by atoms with E-state index in [4.69, 9.17) is 9.47 Å². The zero-order valence-electron chi connectivity index (χ0n) is 15.8. The molecular weight excluding hydrogens is 322 g/mol. The molecule has 0 bridgehead atoms. The van der Waals surface area contributed by atoms with Crippen LogP contribution in [0, 0.1) is 5.92 Å². The predicted octanol–water partition coefficient (Wildman–Crippen LogP) is 0.487. The average Bonchev–Trinajstić information content (AvgIpc) is 2.60. The van der Waals surface area contributed by atoms with E-state index in [0.717, 1.165) is 25.9 Å². The lowest BCUT2D eigenvalue weighted by Gasteiger charge is -2.34. The number of morpholine rings is 1. The van der Waals surface area contributed by atoms with Crippen molar-refractivity contribution < 1.29 is 19.1 Å². The Kier molecular flexibility index (Phi) is 8.12. The number of rotatable bonds is 8. The second-order valence-electron chi connectivity index (χ2n) is 7.35. The number of methoxy groups -OCH3 is 1. The van der Waals surface area contributed by atoms with Crippen molar-refractivity contribution in [3.8, 4) is 0 Å². The van der Waals surface area contributed by atoms with Crippen LogP contribution < -0.4 is 5.32 Å². The smallest absolute Gasteiger partial charge is 0.248 e. The first-order chi connectivity index (χ1) is 12.0. The highest BCUT2D eigenvalue weighted by Crippen LogP contribution is 2.21. The second kappa shape index (κ2) is 10.1. The molecule has 1 atom stereocenters. The van der Waals surface area contributed by atoms with E-state index in [1.165, 1.54) is 0 Å². The fraction of sp³-hybridized carbons (Fsp3) is 0.889. The number of piperidine rings is 1. The summed E-state index contributed by atoms with van der Waals surface area (Å²) in [5.74, 6) is 0.547. The van der Waals surface area contributed by atoms with Crippen molar-refractivity contribution >= 4 is 11.8 Å². The van der Waals surface area contributed by atoms with Crippen LogP contribution in [-0.4, -0.2) is 86.8 Å². The molecule has 1 N–H and O–H groups in total. The molecule has 0 aromatic heterocycles. The molecule has 0 aromatic carbocycles. The minimum absolute atomic E-state index is 0.0171. The monoisotopic (exact) mass is 355 g/mol. The van der Waals surface area contributed by atoms with Crippen LogP contribution in [0.1, 0.15) is 33.1 Å². The molecule has 7 nitrogen and oxygen atoms in total. The summed E-state index contributed by atoms with van der Waals surface area (Å²) in [6.45, 7) is 8.73. The number of nitrogens with zero attached hydrogens (tertiary/aromatic N) is 2. The maximum atomic E-state index is 12.2. The lowest BCUT2D eigenvalue weighted by atomic mass is 9.92. The van der Waals surface area contributed by atoms with Gasteiger partial charge in [-0.15, -0.1) is 0 Å². The van der Waals surface area contributed by atoms with Gasteiger partial charge in [-0.2, -0.15) is 0 Å². The van der Waals surface area contributed by atoms with Crippen molar-refractivity contribution in [1.29, 1.82) is 0 Å². The summed E-state index contributed by atoms with van der Waals surface area (Å²) in [6, 6.07) is 0.585. The standard InChI is InChI=1S/C18H33N3O4/c1-14(2)20-6-4-15(5-7-20)10-17(22)19-11-16-12-21(8-9-24-3)18(23)13-25-16/h14-16H,4-13H2,1-3H3,(H,19,22). The summed E-state index contributed by atoms with van der Waals surface area (Å²) in [7, 11) is 1.62. The molecule has 2 aliphatic rings. The van der Waals surface area contributed by atoms with E-state index in [2.05, 4.69) is 24.1 Å². The topological polar surface area (TPSA) is 71.1 Å². The molecule has 2 amide bonds. The molecule has 2 saturated heterocycles. The first kappa shape index (κ1) is 20.1. The SMILES string of the molecule is COCCN1CC(CNC(=O)CC2CCN(C(C)C)CC2)OCC1=O. The van der Waals surface area contributed by atoms with Gasteiger partial charge in [-0.05, 0) is 45.7 Å². The first-order valence-electron chi connectivity index (χ1n) is 9.38. The molecule has 25 heavy (non-hydrogen) atoms. The quantitative estimate of drug-likeness (QED) is 0.686. The fourth-order valence-electron chi connectivity index (χ4n) is 3.46. The molecule has 7 heteroatoms. The Morgan fingerprint density at radius 3 is 2.72 bits per heavy atom.